The number of carbonyl (C=O) groups is 1. The number of carbonyl (C=O) groups excluding carboxylic acids is 1. The van der Waals surface area contributed by atoms with E-state index in [0.29, 0.717) is 4.68 Å². The van der Waals surface area contributed by atoms with Crippen molar-refractivity contribution >= 4 is 19.8 Å². The SMILES string of the molecule is COC(=O)/C=C\n1nnn(COP(C)(=O)O)c1=O. The largest absolute Gasteiger partial charge is 0.466 e. The fourth-order valence-corrected chi connectivity index (χ4v) is 1.15. The lowest BCUT2D eigenvalue weighted by Crippen LogP contribution is -2.23. The van der Waals surface area contributed by atoms with Crippen molar-refractivity contribution in [3.05, 3.63) is 16.6 Å². The first-order chi connectivity index (χ1) is 8.33. The normalized spacial score (nSPS) is 14.6. The van der Waals surface area contributed by atoms with Crippen LogP contribution in [0.5, 0.6) is 0 Å². The van der Waals surface area contributed by atoms with Crippen LogP contribution in [0.15, 0.2) is 10.9 Å². The van der Waals surface area contributed by atoms with Crippen LogP contribution in [0.2, 0.25) is 0 Å². The van der Waals surface area contributed by atoms with Gasteiger partial charge < -0.3 is 9.63 Å². The molecule has 1 aromatic heterocycles. The average Bonchev–Trinajstić information content (AvgIpc) is 2.63. The molecule has 0 saturated heterocycles. The highest BCUT2D eigenvalue weighted by atomic mass is 31.2. The predicted molar refractivity (Wildman–Crippen MR) is 58.5 cm³/mol. The molecule has 0 saturated carbocycles. The molecule has 0 aliphatic rings. The number of esters is 1. The Bertz CT molecular complexity index is 555. The third-order valence-corrected chi connectivity index (χ3v) is 2.23. The molecule has 1 heterocycles. The molecule has 0 amide bonds. The predicted octanol–water partition coefficient (Wildman–Crippen LogP) is -1.13. The van der Waals surface area contributed by atoms with Gasteiger partial charge in [0.05, 0.1) is 7.11 Å². The quantitative estimate of drug-likeness (QED) is 0.407. The summed E-state index contributed by atoms with van der Waals surface area (Å²) in [6.45, 7) is 0.453. The Morgan fingerprint density at radius 1 is 1.56 bits per heavy atom. The maximum atomic E-state index is 11.5. The number of hydrogen-bond donors (Lipinski definition) is 1. The average molecular weight is 278 g/mol. The maximum Gasteiger partial charge on any atom is 0.370 e. The van der Waals surface area contributed by atoms with Crippen LogP contribution in [0.4, 0.5) is 0 Å². The zero-order chi connectivity index (χ0) is 13.8. The smallest absolute Gasteiger partial charge is 0.370 e. The minimum Gasteiger partial charge on any atom is -0.466 e. The number of hydrogen-bond acceptors (Lipinski definition) is 7. The molecule has 11 heteroatoms. The summed E-state index contributed by atoms with van der Waals surface area (Å²) >= 11 is 0. The summed E-state index contributed by atoms with van der Waals surface area (Å²) in [6.07, 6.45) is 2.01. The van der Waals surface area contributed by atoms with Crippen molar-refractivity contribution in [3.63, 3.8) is 0 Å². The van der Waals surface area contributed by atoms with E-state index in [9.17, 15) is 14.2 Å². The van der Waals surface area contributed by atoms with Crippen molar-refractivity contribution in [2.24, 2.45) is 0 Å². The number of methoxy groups -OCH3 is 1. The van der Waals surface area contributed by atoms with Crippen LogP contribution in [0.25, 0.3) is 6.20 Å². The zero-order valence-corrected chi connectivity index (χ0v) is 10.5. The highest BCUT2D eigenvalue weighted by molar-refractivity contribution is 7.51. The number of aromatic nitrogens is 4. The highest BCUT2D eigenvalue weighted by Gasteiger charge is 2.12. The van der Waals surface area contributed by atoms with E-state index in [0.717, 1.165) is 23.6 Å². The van der Waals surface area contributed by atoms with Crippen LogP contribution in [0.3, 0.4) is 0 Å². The Kier molecular flexibility index (Phi) is 4.54. The van der Waals surface area contributed by atoms with Crippen LogP contribution in [0, 0.1) is 0 Å². The lowest BCUT2D eigenvalue weighted by atomic mass is 10.6. The van der Waals surface area contributed by atoms with Crippen molar-refractivity contribution < 1.29 is 23.5 Å². The summed E-state index contributed by atoms with van der Waals surface area (Å²) in [4.78, 5) is 31.2. The molecule has 0 bridgehead atoms. The number of ether oxygens (including phenoxy) is 1. The van der Waals surface area contributed by atoms with Crippen LogP contribution in [0.1, 0.15) is 0 Å². The van der Waals surface area contributed by atoms with E-state index in [2.05, 4.69) is 19.7 Å². The summed E-state index contributed by atoms with van der Waals surface area (Å²) in [5, 5.41) is 6.77. The number of tetrazole rings is 1. The molecule has 1 aromatic rings. The van der Waals surface area contributed by atoms with Gasteiger partial charge >= 0.3 is 19.3 Å². The summed E-state index contributed by atoms with van der Waals surface area (Å²) in [6, 6.07) is 0. The van der Waals surface area contributed by atoms with Crippen molar-refractivity contribution in [1.29, 1.82) is 0 Å². The van der Waals surface area contributed by atoms with Gasteiger partial charge in [0.1, 0.15) is 0 Å². The molecule has 0 aliphatic carbocycles. The fourth-order valence-electron chi connectivity index (χ4n) is 0.822. The van der Waals surface area contributed by atoms with E-state index in [-0.39, 0.29) is 0 Å². The van der Waals surface area contributed by atoms with Crippen LogP contribution >= 0.6 is 7.60 Å². The van der Waals surface area contributed by atoms with Gasteiger partial charge in [0, 0.05) is 18.9 Å². The van der Waals surface area contributed by atoms with Gasteiger partial charge in [-0.1, -0.05) is 0 Å². The Hall–Kier alpha value is -1.77. The molecule has 1 N–H and O–H groups in total. The second-order valence-electron chi connectivity index (χ2n) is 3.11. The first-order valence-corrected chi connectivity index (χ1v) is 6.59. The van der Waals surface area contributed by atoms with Gasteiger partial charge in [-0.2, -0.15) is 9.36 Å². The molecule has 0 aliphatic heterocycles. The second kappa shape index (κ2) is 5.71. The molecular weight excluding hydrogens is 267 g/mol. The van der Waals surface area contributed by atoms with Crippen molar-refractivity contribution in [2.45, 2.75) is 6.73 Å². The minimum absolute atomic E-state index is 0.519. The van der Waals surface area contributed by atoms with Crippen LogP contribution < -0.4 is 5.69 Å². The Morgan fingerprint density at radius 3 is 2.78 bits per heavy atom. The monoisotopic (exact) mass is 278 g/mol. The van der Waals surface area contributed by atoms with Gasteiger partial charge in [0.15, 0.2) is 6.73 Å². The van der Waals surface area contributed by atoms with Gasteiger partial charge in [-0.25, -0.2) is 9.59 Å². The van der Waals surface area contributed by atoms with E-state index in [1.165, 1.54) is 7.11 Å². The van der Waals surface area contributed by atoms with Crippen molar-refractivity contribution in [3.8, 4) is 0 Å². The lowest BCUT2D eigenvalue weighted by Gasteiger charge is -2.04. The molecule has 1 rings (SSSR count). The summed E-state index contributed by atoms with van der Waals surface area (Å²) < 4.78 is 21.1. The summed E-state index contributed by atoms with van der Waals surface area (Å²) in [5.41, 5.74) is -0.733. The van der Waals surface area contributed by atoms with Gasteiger partial charge in [-0.3, -0.25) is 9.09 Å². The third-order valence-electron chi connectivity index (χ3n) is 1.63. The number of nitrogens with zero attached hydrogens (tertiary/aromatic N) is 4. The Labute approximate surface area is 101 Å². The molecule has 0 spiro atoms. The van der Waals surface area contributed by atoms with Gasteiger partial charge in [0.2, 0.25) is 0 Å². The first-order valence-electron chi connectivity index (χ1n) is 4.57. The lowest BCUT2D eigenvalue weighted by molar-refractivity contribution is -0.134. The van der Waals surface area contributed by atoms with E-state index in [1.54, 1.807) is 0 Å². The molecular formula is C7H11N4O6P. The molecule has 1 atom stereocenters. The van der Waals surface area contributed by atoms with Gasteiger partial charge in [-0.05, 0) is 10.4 Å². The molecule has 0 fully saturated rings. The van der Waals surface area contributed by atoms with Gasteiger partial charge in [0.25, 0.3) is 0 Å². The first kappa shape index (κ1) is 14.3. The Balaban J connectivity index is 2.79. The summed E-state index contributed by atoms with van der Waals surface area (Å²) in [5.74, 6) is -0.666. The second-order valence-corrected chi connectivity index (χ2v) is 4.97. The Morgan fingerprint density at radius 2 is 2.22 bits per heavy atom. The van der Waals surface area contributed by atoms with E-state index >= 15 is 0 Å². The van der Waals surface area contributed by atoms with E-state index < -0.39 is 26.0 Å². The van der Waals surface area contributed by atoms with E-state index in [1.807, 2.05) is 0 Å². The fraction of sp³-hybridized carbons (Fsp3) is 0.429. The molecule has 18 heavy (non-hydrogen) atoms. The number of rotatable bonds is 5. The minimum atomic E-state index is -3.71. The highest BCUT2D eigenvalue weighted by Crippen LogP contribution is 2.36. The molecule has 1 unspecified atom stereocenters. The van der Waals surface area contributed by atoms with Gasteiger partial charge in [-0.15, -0.1) is 0 Å². The topological polar surface area (TPSA) is 126 Å². The van der Waals surface area contributed by atoms with Crippen LogP contribution in [-0.4, -0.2) is 44.4 Å². The van der Waals surface area contributed by atoms with Crippen LogP contribution in [-0.2, 0) is 25.4 Å². The van der Waals surface area contributed by atoms with Crippen molar-refractivity contribution in [2.75, 3.05) is 13.8 Å². The maximum absolute atomic E-state index is 11.5. The molecule has 0 radical (unpaired) electrons. The standard InChI is InChI=1S/C7H11N4O6P/c1-16-6(12)3-4-10-7(13)11(9-8-10)5-17-18(2,14)15/h3-4H,5H2,1-2H3,(H,14,15)/b4-3-. The van der Waals surface area contributed by atoms with E-state index in [4.69, 9.17) is 4.89 Å². The molecule has 100 valence electrons. The zero-order valence-electron chi connectivity index (χ0n) is 9.59. The molecule has 0 aromatic carbocycles. The third kappa shape index (κ3) is 4.24. The molecule has 10 nitrogen and oxygen atoms in total. The van der Waals surface area contributed by atoms with Crippen molar-refractivity contribution in [1.82, 2.24) is 19.8 Å². The summed E-state index contributed by atoms with van der Waals surface area (Å²) in [7, 11) is -2.53.